The quantitative estimate of drug-likeness (QED) is 0.569. The van der Waals surface area contributed by atoms with Gasteiger partial charge in [-0.25, -0.2) is 0 Å². The molecule has 0 unspecified atom stereocenters. The number of ether oxygens (including phenoxy) is 1. The lowest BCUT2D eigenvalue weighted by atomic mass is 9.76. The number of nitrogens with zero attached hydrogens (tertiary/aromatic N) is 1. The van der Waals surface area contributed by atoms with Crippen LogP contribution in [0.2, 0.25) is 0 Å². The van der Waals surface area contributed by atoms with E-state index in [4.69, 9.17) is 4.74 Å². The van der Waals surface area contributed by atoms with E-state index in [1.54, 1.807) is 0 Å². The summed E-state index contributed by atoms with van der Waals surface area (Å²) in [5, 5.41) is 0. The minimum atomic E-state index is -0.198. The van der Waals surface area contributed by atoms with Crippen LogP contribution in [-0.2, 0) is 14.3 Å². The van der Waals surface area contributed by atoms with E-state index in [0.29, 0.717) is 18.5 Å². The van der Waals surface area contributed by atoms with Crippen molar-refractivity contribution in [2.45, 2.75) is 31.5 Å². The van der Waals surface area contributed by atoms with Gasteiger partial charge in [0.2, 0.25) is 11.8 Å². The summed E-state index contributed by atoms with van der Waals surface area (Å²) in [6.07, 6.45) is 1.53. The van der Waals surface area contributed by atoms with Crippen molar-refractivity contribution in [2.75, 3.05) is 4.90 Å². The second kappa shape index (κ2) is 3.45. The number of carbonyl (C=O) groups is 2. The summed E-state index contributed by atoms with van der Waals surface area (Å²) in [5.41, 5.74) is 0.524. The van der Waals surface area contributed by atoms with E-state index in [-0.39, 0.29) is 35.4 Å². The van der Waals surface area contributed by atoms with Crippen molar-refractivity contribution >= 4 is 17.5 Å². The third kappa shape index (κ3) is 1.43. The normalized spacial score (nSPS) is 40.1. The van der Waals surface area contributed by atoms with Crippen LogP contribution >= 0.6 is 0 Å². The summed E-state index contributed by atoms with van der Waals surface area (Å²) in [6.45, 7) is 2.04. The lowest BCUT2D eigenvalue weighted by molar-refractivity contribution is -0.122. The number of benzene rings is 1. The molecule has 3 aliphatic rings. The molecule has 0 bridgehead atoms. The summed E-state index contributed by atoms with van der Waals surface area (Å²) >= 11 is 0. The standard InChI is InChI=1S/C15H15NO3/c1-15-8-11-10(7-12(15)19-15)13(17)16(14(11)18)9-5-3-2-4-6-9/h2-6,10-12H,7-8H2,1H3/t10-,11+,12+,15+/m1/s1. The molecular formula is C15H15NO3. The highest BCUT2D eigenvalue weighted by Crippen LogP contribution is 2.54. The van der Waals surface area contributed by atoms with Crippen LogP contribution < -0.4 is 4.90 Å². The minimum Gasteiger partial charge on any atom is -0.366 e. The van der Waals surface area contributed by atoms with E-state index in [2.05, 4.69) is 0 Å². The van der Waals surface area contributed by atoms with Gasteiger partial charge in [-0.2, -0.15) is 0 Å². The van der Waals surface area contributed by atoms with Gasteiger partial charge in [-0.05, 0) is 31.9 Å². The zero-order valence-corrected chi connectivity index (χ0v) is 10.7. The van der Waals surface area contributed by atoms with E-state index in [1.807, 2.05) is 37.3 Å². The van der Waals surface area contributed by atoms with E-state index in [1.165, 1.54) is 4.90 Å². The van der Waals surface area contributed by atoms with Crippen LogP contribution in [0.3, 0.4) is 0 Å². The zero-order valence-electron chi connectivity index (χ0n) is 10.7. The maximum Gasteiger partial charge on any atom is 0.237 e. The fourth-order valence-corrected chi connectivity index (χ4v) is 3.55. The van der Waals surface area contributed by atoms with E-state index in [0.717, 1.165) is 0 Å². The molecule has 2 amide bonds. The first-order valence-corrected chi connectivity index (χ1v) is 6.71. The summed E-state index contributed by atoms with van der Waals surface area (Å²) in [6, 6.07) is 9.20. The number of imide groups is 1. The third-order valence-corrected chi connectivity index (χ3v) is 4.70. The molecular weight excluding hydrogens is 242 g/mol. The van der Waals surface area contributed by atoms with E-state index >= 15 is 0 Å². The van der Waals surface area contributed by atoms with Crippen LogP contribution in [0.25, 0.3) is 0 Å². The van der Waals surface area contributed by atoms with Crippen LogP contribution in [0, 0.1) is 11.8 Å². The smallest absolute Gasteiger partial charge is 0.237 e. The first-order chi connectivity index (χ1) is 9.10. The number of hydrogen-bond donors (Lipinski definition) is 0. The Bertz CT molecular complexity index is 570. The SMILES string of the molecule is C[C@]12C[C@@H]3C(=O)N(c4ccccc4)C(=O)[C@@H]3C[C@@H]1O2. The van der Waals surface area contributed by atoms with Gasteiger partial charge in [-0.15, -0.1) is 0 Å². The van der Waals surface area contributed by atoms with Crippen LogP contribution in [-0.4, -0.2) is 23.5 Å². The highest BCUT2D eigenvalue weighted by Gasteiger charge is 2.64. The number of carbonyl (C=O) groups excluding carboxylic acids is 2. The highest BCUT2D eigenvalue weighted by molar-refractivity contribution is 6.22. The van der Waals surface area contributed by atoms with Gasteiger partial charge in [0.1, 0.15) is 0 Å². The fraction of sp³-hybridized carbons (Fsp3) is 0.467. The van der Waals surface area contributed by atoms with Crippen molar-refractivity contribution in [3.8, 4) is 0 Å². The van der Waals surface area contributed by atoms with Crippen LogP contribution in [0.15, 0.2) is 30.3 Å². The van der Waals surface area contributed by atoms with Gasteiger partial charge in [-0.1, -0.05) is 18.2 Å². The lowest BCUT2D eigenvalue weighted by Gasteiger charge is -2.21. The van der Waals surface area contributed by atoms with Crippen molar-refractivity contribution < 1.29 is 14.3 Å². The molecule has 2 saturated heterocycles. The van der Waals surface area contributed by atoms with Crippen molar-refractivity contribution in [2.24, 2.45) is 11.8 Å². The summed E-state index contributed by atoms with van der Waals surface area (Å²) < 4.78 is 5.62. The molecule has 98 valence electrons. The number of rotatable bonds is 1. The molecule has 1 saturated carbocycles. The van der Waals surface area contributed by atoms with Crippen LogP contribution in [0.5, 0.6) is 0 Å². The van der Waals surface area contributed by atoms with Gasteiger partial charge in [0.05, 0.1) is 29.2 Å². The molecule has 0 radical (unpaired) electrons. The number of epoxide rings is 1. The van der Waals surface area contributed by atoms with E-state index in [9.17, 15) is 9.59 Å². The monoisotopic (exact) mass is 257 g/mol. The minimum absolute atomic E-state index is 0.0567. The maximum atomic E-state index is 12.5. The van der Waals surface area contributed by atoms with Gasteiger partial charge >= 0.3 is 0 Å². The number of hydrogen-bond acceptors (Lipinski definition) is 3. The molecule has 0 N–H and O–H groups in total. The Morgan fingerprint density at radius 2 is 1.84 bits per heavy atom. The third-order valence-electron chi connectivity index (χ3n) is 4.70. The largest absolute Gasteiger partial charge is 0.366 e. The number of para-hydroxylation sites is 1. The van der Waals surface area contributed by atoms with E-state index < -0.39 is 0 Å². The van der Waals surface area contributed by atoms with Gasteiger partial charge in [0.15, 0.2) is 0 Å². The molecule has 2 aliphatic heterocycles. The molecule has 2 heterocycles. The fourth-order valence-electron chi connectivity index (χ4n) is 3.55. The Morgan fingerprint density at radius 1 is 1.16 bits per heavy atom. The Kier molecular flexibility index (Phi) is 2.03. The molecule has 1 aromatic rings. The first kappa shape index (κ1) is 11.2. The molecule has 1 aliphatic carbocycles. The summed E-state index contributed by atoms with van der Waals surface area (Å²) in [7, 11) is 0. The number of anilines is 1. The Morgan fingerprint density at radius 3 is 2.58 bits per heavy atom. The van der Waals surface area contributed by atoms with Crippen molar-refractivity contribution in [3.63, 3.8) is 0 Å². The van der Waals surface area contributed by atoms with Crippen molar-refractivity contribution in [1.29, 1.82) is 0 Å². The molecule has 4 rings (SSSR count). The Balaban J connectivity index is 1.69. The first-order valence-electron chi connectivity index (χ1n) is 6.71. The topological polar surface area (TPSA) is 49.9 Å². The highest BCUT2D eigenvalue weighted by atomic mass is 16.6. The maximum absolute atomic E-state index is 12.5. The molecule has 1 aromatic carbocycles. The predicted octanol–water partition coefficient (Wildman–Crippen LogP) is 1.74. The summed E-state index contributed by atoms with van der Waals surface area (Å²) in [5.74, 6) is -0.500. The Hall–Kier alpha value is -1.68. The molecule has 0 aromatic heterocycles. The zero-order chi connectivity index (χ0) is 13.2. The lowest BCUT2D eigenvalue weighted by Crippen LogP contribution is -2.32. The molecule has 19 heavy (non-hydrogen) atoms. The Labute approximate surface area is 111 Å². The van der Waals surface area contributed by atoms with Gasteiger partial charge in [-0.3, -0.25) is 14.5 Å². The second-order valence-corrected chi connectivity index (χ2v) is 5.92. The average Bonchev–Trinajstić information content (AvgIpc) is 3.02. The molecule has 4 heteroatoms. The van der Waals surface area contributed by atoms with Crippen LogP contribution in [0.1, 0.15) is 19.8 Å². The second-order valence-electron chi connectivity index (χ2n) is 5.92. The van der Waals surface area contributed by atoms with Gasteiger partial charge < -0.3 is 4.74 Å². The van der Waals surface area contributed by atoms with Gasteiger partial charge in [0.25, 0.3) is 0 Å². The summed E-state index contributed by atoms with van der Waals surface area (Å²) in [4.78, 5) is 26.3. The molecule has 0 spiro atoms. The van der Waals surface area contributed by atoms with Crippen molar-refractivity contribution in [3.05, 3.63) is 30.3 Å². The van der Waals surface area contributed by atoms with Gasteiger partial charge in [0, 0.05) is 0 Å². The molecule has 4 nitrogen and oxygen atoms in total. The van der Waals surface area contributed by atoms with Crippen LogP contribution in [0.4, 0.5) is 5.69 Å². The number of amides is 2. The average molecular weight is 257 g/mol. The number of fused-ring (bicyclic) bond motifs is 2. The molecule has 4 atom stereocenters. The van der Waals surface area contributed by atoms with Crippen molar-refractivity contribution in [1.82, 2.24) is 0 Å². The molecule has 3 fully saturated rings. The predicted molar refractivity (Wildman–Crippen MR) is 68.4 cm³/mol.